The van der Waals surface area contributed by atoms with Crippen LogP contribution in [0.2, 0.25) is 5.02 Å². The van der Waals surface area contributed by atoms with Gasteiger partial charge in [-0.3, -0.25) is 4.79 Å². The first-order valence-electron chi connectivity index (χ1n) is 7.55. The van der Waals surface area contributed by atoms with Crippen LogP contribution >= 0.6 is 30.5 Å². The second-order valence-corrected chi connectivity index (χ2v) is 6.45. The van der Waals surface area contributed by atoms with Crippen LogP contribution in [0.4, 0.5) is 0 Å². The molecule has 1 amide bonds. The Balaban J connectivity index is 2.05. The summed E-state index contributed by atoms with van der Waals surface area (Å²) in [4.78, 5) is 27.0. The van der Waals surface area contributed by atoms with Crippen LogP contribution in [-0.2, 0) is 16.1 Å². The number of esters is 1. The molecule has 0 spiro atoms. The molecule has 1 aliphatic rings. The maximum absolute atomic E-state index is 13.2. The summed E-state index contributed by atoms with van der Waals surface area (Å²) in [7, 11) is 5.47. The van der Waals surface area contributed by atoms with E-state index in [1.165, 1.54) is 24.1 Å². The van der Waals surface area contributed by atoms with Gasteiger partial charge in [-0.2, -0.15) is 0 Å². The fourth-order valence-corrected chi connectivity index (χ4v) is 3.66. The van der Waals surface area contributed by atoms with E-state index in [1.54, 1.807) is 0 Å². The number of benzene rings is 2. The maximum atomic E-state index is 13.2. The highest BCUT2D eigenvalue weighted by atomic mass is 35.5. The second-order valence-electron chi connectivity index (χ2n) is 5.57. The van der Waals surface area contributed by atoms with Crippen LogP contribution in [0.3, 0.4) is 0 Å². The van der Waals surface area contributed by atoms with Gasteiger partial charge < -0.3 is 18.7 Å². The summed E-state index contributed by atoms with van der Waals surface area (Å²) >= 11 is 6.16. The molecule has 1 heterocycles. The summed E-state index contributed by atoms with van der Waals surface area (Å²) in [6.45, 7) is 0.282. The van der Waals surface area contributed by atoms with E-state index in [4.69, 9.17) is 25.4 Å². The first-order chi connectivity index (χ1) is 12.5. The van der Waals surface area contributed by atoms with E-state index < -0.39 is 17.9 Å². The SMILES string of the molecule is COC(=O)C1c2ccccc2CN1C(=O)c1cc(Cl)c(OP)cc1OP. The van der Waals surface area contributed by atoms with Crippen molar-refractivity contribution in [2.45, 2.75) is 12.6 Å². The Labute approximate surface area is 160 Å². The zero-order valence-electron chi connectivity index (χ0n) is 13.8. The highest BCUT2D eigenvalue weighted by Gasteiger charge is 2.40. The third kappa shape index (κ3) is 3.25. The molecule has 1 aliphatic heterocycles. The molecule has 6 nitrogen and oxygen atoms in total. The highest BCUT2D eigenvalue weighted by molar-refractivity contribution is 7.10. The standard InChI is InChI=1S/C17H16ClNO5P2/c1-22-17(21)15-10-5-3-2-4-9(10)8-19(15)16(20)11-6-12(18)14(24-26)7-13(11)23-25/h2-7,15H,8,25-26H2,1H3. The largest absolute Gasteiger partial charge is 0.479 e. The average Bonchev–Trinajstić information content (AvgIpc) is 3.06. The number of nitrogens with zero attached hydrogens (tertiary/aromatic N) is 1. The van der Waals surface area contributed by atoms with Crippen molar-refractivity contribution in [1.82, 2.24) is 4.90 Å². The summed E-state index contributed by atoms with van der Waals surface area (Å²) < 4.78 is 15.2. The quantitative estimate of drug-likeness (QED) is 0.568. The minimum atomic E-state index is -0.822. The number of carbonyl (C=O) groups excluding carboxylic acids is 2. The summed E-state index contributed by atoms with van der Waals surface area (Å²) in [5, 5.41) is 0.250. The Morgan fingerprint density at radius 3 is 2.50 bits per heavy atom. The van der Waals surface area contributed by atoms with Crippen LogP contribution in [0.1, 0.15) is 27.5 Å². The van der Waals surface area contributed by atoms with Gasteiger partial charge in [0.2, 0.25) is 0 Å². The fraction of sp³-hybridized carbons (Fsp3) is 0.176. The number of halogens is 1. The van der Waals surface area contributed by atoms with Crippen molar-refractivity contribution in [3.05, 3.63) is 58.1 Å². The van der Waals surface area contributed by atoms with Gasteiger partial charge in [0, 0.05) is 12.6 Å². The van der Waals surface area contributed by atoms with Crippen LogP contribution < -0.4 is 9.05 Å². The van der Waals surface area contributed by atoms with E-state index in [-0.39, 0.29) is 22.9 Å². The van der Waals surface area contributed by atoms with Gasteiger partial charge in [-0.05, 0) is 17.2 Å². The summed E-state index contributed by atoms with van der Waals surface area (Å²) in [5.41, 5.74) is 1.86. The average molecular weight is 412 g/mol. The van der Waals surface area contributed by atoms with Gasteiger partial charge in [0.15, 0.2) is 6.04 Å². The molecule has 2 aromatic rings. The lowest BCUT2D eigenvalue weighted by molar-refractivity contribution is -0.145. The van der Waals surface area contributed by atoms with Crippen LogP contribution in [-0.4, -0.2) is 23.9 Å². The molecule has 3 rings (SSSR count). The Morgan fingerprint density at radius 1 is 1.15 bits per heavy atom. The lowest BCUT2D eigenvalue weighted by Crippen LogP contribution is -2.34. The first kappa shape index (κ1) is 18.9. The number of methoxy groups -OCH3 is 1. The molecule has 0 fully saturated rings. The normalized spacial score (nSPS) is 15.4. The lowest BCUT2D eigenvalue weighted by Gasteiger charge is -2.24. The number of ether oxygens (including phenoxy) is 1. The molecular formula is C17H16ClNO5P2. The van der Waals surface area contributed by atoms with E-state index in [1.807, 2.05) is 24.3 Å². The molecule has 0 saturated heterocycles. The number of hydrogen-bond acceptors (Lipinski definition) is 5. The molecule has 0 radical (unpaired) electrons. The molecule has 0 aromatic heterocycles. The van der Waals surface area contributed by atoms with Crippen LogP contribution in [0.15, 0.2) is 36.4 Å². The highest BCUT2D eigenvalue weighted by Crippen LogP contribution is 2.39. The van der Waals surface area contributed by atoms with Crippen molar-refractivity contribution in [3.63, 3.8) is 0 Å². The van der Waals surface area contributed by atoms with Crippen LogP contribution in [0.25, 0.3) is 0 Å². The first-order valence-corrected chi connectivity index (χ1v) is 8.87. The molecule has 136 valence electrons. The van der Waals surface area contributed by atoms with E-state index in [9.17, 15) is 9.59 Å². The van der Waals surface area contributed by atoms with Crippen molar-refractivity contribution in [1.29, 1.82) is 0 Å². The maximum Gasteiger partial charge on any atom is 0.333 e. The van der Waals surface area contributed by atoms with Gasteiger partial charge in [0.05, 0.1) is 36.6 Å². The second kappa shape index (κ2) is 7.79. The van der Waals surface area contributed by atoms with E-state index in [0.717, 1.165) is 11.1 Å². The Hall–Kier alpha value is -1.87. The van der Waals surface area contributed by atoms with Gasteiger partial charge in [-0.15, -0.1) is 0 Å². The Bertz CT molecular complexity index is 876. The summed E-state index contributed by atoms with van der Waals surface area (Å²) in [6.07, 6.45) is 0. The van der Waals surface area contributed by atoms with Crippen LogP contribution in [0.5, 0.6) is 11.5 Å². The molecule has 26 heavy (non-hydrogen) atoms. The molecule has 0 bridgehead atoms. The van der Waals surface area contributed by atoms with Crippen molar-refractivity contribution in [2.75, 3.05) is 7.11 Å². The topological polar surface area (TPSA) is 65.1 Å². The summed E-state index contributed by atoms with van der Waals surface area (Å²) in [6, 6.07) is 9.52. The van der Waals surface area contributed by atoms with E-state index in [2.05, 4.69) is 18.9 Å². The van der Waals surface area contributed by atoms with Gasteiger partial charge >= 0.3 is 5.97 Å². The van der Waals surface area contributed by atoms with E-state index in [0.29, 0.717) is 5.75 Å². The fourth-order valence-electron chi connectivity index (χ4n) is 2.99. The smallest absolute Gasteiger partial charge is 0.333 e. The predicted molar refractivity (Wildman–Crippen MR) is 103 cm³/mol. The third-order valence-electron chi connectivity index (χ3n) is 4.21. The third-order valence-corrected chi connectivity index (χ3v) is 5.01. The molecule has 0 N–H and O–H groups in total. The van der Waals surface area contributed by atoms with Crippen molar-refractivity contribution in [2.24, 2.45) is 0 Å². The lowest BCUT2D eigenvalue weighted by atomic mass is 10.0. The minimum Gasteiger partial charge on any atom is -0.479 e. The van der Waals surface area contributed by atoms with Crippen molar-refractivity contribution in [3.8, 4) is 11.5 Å². The van der Waals surface area contributed by atoms with E-state index >= 15 is 0 Å². The van der Waals surface area contributed by atoms with Crippen molar-refractivity contribution < 1.29 is 23.4 Å². The minimum absolute atomic E-state index is 0.220. The molecule has 0 aliphatic carbocycles. The van der Waals surface area contributed by atoms with Gasteiger partial charge in [0.1, 0.15) is 11.5 Å². The Kier molecular flexibility index (Phi) is 5.67. The number of rotatable bonds is 4. The molecule has 3 atom stereocenters. The zero-order chi connectivity index (χ0) is 18.8. The summed E-state index contributed by atoms with van der Waals surface area (Å²) in [5.74, 6) is -0.291. The number of amides is 1. The van der Waals surface area contributed by atoms with Crippen LogP contribution in [0, 0.1) is 0 Å². The number of hydrogen-bond donors (Lipinski definition) is 0. The molecule has 3 unspecified atom stereocenters. The molecule has 2 aromatic carbocycles. The van der Waals surface area contributed by atoms with Crippen molar-refractivity contribution >= 4 is 42.4 Å². The number of fused-ring (bicyclic) bond motifs is 1. The van der Waals surface area contributed by atoms with Gasteiger partial charge in [0.25, 0.3) is 5.91 Å². The molecule has 9 heteroatoms. The molecular weight excluding hydrogens is 396 g/mol. The zero-order valence-corrected chi connectivity index (χ0v) is 16.8. The van der Waals surface area contributed by atoms with Gasteiger partial charge in [-0.1, -0.05) is 35.9 Å². The van der Waals surface area contributed by atoms with Gasteiger partial charge in [-0.25, -0.2) is 4.79 Å². The Morgan fingerprint density at radius 2 is 1.85 bits per heavy atom. The predicted octanol–water partition coefficient (Wildman–Crippen LogP) is 3.55. The number of carbonyl (C=O) groups is 2. The monoisotopic (exact) mass is 411 g/mol. The molecule has 0 saturated carbocycles.